The van der Waals surface area contributed by atoms with Crippen LogP contribution in [0.5, 0.6) is 5.75 Å². The molecule has 0 saturated carbocycles. The zero-order valence-corrected chi connectivity index (χ0v) is 9.41. The van der Waals surface area contributed by atoms with E-state index in [-0.39, 0.29) is 11.1 Å². The minimum absolute atomic E-state index is 0.0967. The first-order chi connectivity index (χ1) is 6.09. The molecule has 13 heavy (non-hydrogen) atoms. The predicted molar refractivity (Wildman–Crippen MR) is 58.1 cm³/mol. The van der Waals surface area contributed by atoms with E-state index >= 15 is 0 Å². The van der Waals surface area contributed by atoms with Gasteiger partial charge in [0.2, 0.25) is 0 Å². The van der Waals surface area contributed by atoms with E-state index < -0.39 is 0 Å². The van der Waals surface area contributed by atoms with Gasteiger partial charge in [0.05, 0.1) is 11.1 Å². The SMILES string of the molecule is CC(C)Oc1ccc(C(N)Br)cc1. The summed E-state index contributed by atoms with van der Waals surface area (Å²) in [5.74, 6) is 0.881. The lowest BCUT2D eigenvalue weighted by Gasteiger charge is -2.10. The Morgan fingerprint density at radius 1 is 1.23 bits per heavy atom. The molecule has 0 saturated heterocycles. The van der Waals surface area contributed by atoms with Crippen LogP contribution in [0.15, 0.2) is 24.3 Å². The number of rotatable bonds is 3. The predicted octanol–water partition coefficient (Wildman–Crippen LogP) is 2.83. The third kappa shape index (κ3) is 3.36. The molecule has 0 heterocycles. The van der Waals surface area contributed by atoms with Crippen molar-refractivity contribution in [3.63, 3.8) is 0 Å². The zero-order valence-electron chi connectivity index (χ0n) is 7.83. The second kappa shape index (κ2) is 4.63. The van der Waals surface area contributed by atoms with E-state index in [0.29, 0.717) is 0 Å². The molecule has 72 valence electrons. The van der Waals surface area contributed by atoms with Crippen LogP contribution in [0.4, 0.5) is 0 Å². The molecule has 0 amide bonds. The lowest BCUT2D eigenvalue weighted by molar-refractivity contribution is 0.242. The van der Waals surface area contributed by atoms with E-state index in [1.54, 1.807) is 0 Å². The molecule has 1 rings (SSSR count). The summed E-state index contributed by atoms with van der Waals surface area (Å²) >= 11 is 3.29. The second-order valence-electron chi connectivity index (χ2n) is 3.14. The average Bonchev–Trinajstić information content (AvgIpc) is 2.04. The summed E-state index contributed by atoms with van der Waals surface area (Å²) in [4.78, 5) is -0.0967. The van der Waals surface area contributed by atoms with Crippen molar-refractivity contribution in [1.82, 2.24) is 0 Å². The van der Waals surface area contributed by atoms with Crippen molar-refractivity contribution in [3.05, 3.63) is 29.8 Å². The van der Waals surface area contributed by atoms with E-state index in [2.05, 4.69) is 15.9 Å². The molecule has 1 aromatic carbocycles. The lowest BCUT2D eigenvalue weighted by atomic mass is 10.2. The van der Waals surface area contributed by atoms with Gasteiger partial charge < -0.3 is 10.5 Å². The van der Waals surface area contributed by atoms with Crippen LogP contribution in [-0.4, -0.2) is 6.10 Å². The van der Waals surface area contributed by atoms with E-state index in [1.807, 2.05) is 38.1 Å². The van der Waals surface area contributed by atoms with Crippen LogP contribution in [0.1, 0.15) is 24.4 Å². The van der Waals surface area contributed by atoms with Crippen LogP contribution < -0.4 is 10.5 Å². The molecule has 3 heteroatoms. The molecule has 0 bridgehead atoms. The fraction of sp³-hybridized carbons (Fsp3) is 0.400. The number of ether oxygens (including phenoxy) is 1. The van der Waals surface area contributed by atoms with Crippen LogP contribution in [-0.2, 0) is 0 Å². The minimum atomic E-state index is -0.0967. The van der Waals surface area contributed by atoms with E-state index in [0.717, 1.165) is 11.3 Å². The van der Waals surface area contributed by atoms with Gasteiger partial charge in [-0.15, -0.1) is 0 Å². The number of hydrogen-bond acceptors (Lipinski definition) is 2. The molecule has 0 aliphatic carbocycles. The Labute approximate surface area is 87.2 Å². The maximum atomic E-state index is 5.64. The van der Waals surface area contributed by atoms with Gasteiger partial charge in [-0.3, -0.25) is 0 Å². The van der Waals surface area contributed by atoms with Crippen molar-refractivity contribution in [2.75, 3.05) is 0 Å². The van der Waals surface area contributed by atoms with Gasteiger partial charge >= 0.3 is 0 Å². The van der Waals surface area contributed by atoms with Crippen molar-refractivity contribution in [2.45, 2.75) is 24.9 Å². The van der Waals surface area contributed by atoms with Gasteiger partial charge in [0, 0.05) is 0 Å². The van der Waals surface area contributed by atoms with Crippen molar-refractivity contribution in [2.24, 2.45) is 5.73 Å². The zero-order chi connectivity index (χ0) is 9.84. The van der Waals surface area contributed by atoms with Crippen LogP contribution >= 0.6 is 15.9 Å². The van der Waals surface area contributed by atoms with E-state index in [4.69, 9.17) is 10.5 Å². The molecule has 1 atom stereocenters. The Bertz CT molecular complexity index is 256. The van der Waals surface area contributed by atoms with Crippen molar-refractivity contribution in [3.8, 4) is 5.75 Å². The molecular formula is C10H14BrNO. The van der Waals surface area contributed by atoms with Crippen molar-refractivity contribution in [1.29, 1.82) is 0 Å². The molecule has 0 spiro atoms. The molecule has 0 aromatic heterocycles. The van der Waals surface area contributed by atoms with Crippen LogP contribution in [0, 0.1) is 0 Å². The smallest absolute Gasteiger partial charge is 0.119 e. The molecule has 0 radical (unpaired) electrons. The highest BCUT2D eigenvalue weighted by atomic mass is 79.9. The molecule has 0 fully saturated rings. The summed E-state index contributed by atoms with van der Waals surface area (Å²) in [5, 5.41) is 0. The number of halogens is 1. The van der Waals surface area contributed by atoms with Crippen molar-refractivity contribution >= 4 is 15.9 Å². The molecule has 2 nitrogen and oxygen atoms in total. The van der Waals surface area contributed by atoms with E-state index in [1.165, 1.54) is 0 Å². The highest BCUT2D eigenvalue weighted by Gasteiger charge is 2.01. The average molecular weight is 244 g/mol. The molecular weight excluding hydrogens is 230 g/mol. The number of nitrogens with two attached hydrogens (primary N) is 1. The Balaban J connectivity index is 2.70. The van der Waals surface area contributed by atoms with Gasteiger partial charge in [0.25, 0.3) is 0 Å². The highest BCUT2D eigenvalue weighted by molar-refractivity contribution is 9.09. The first-order valence-corrected chi connectivity index (χ1v) is 5.17. The van der Waals surface area contributed by atoms with Gasteiger partial charge in [0.1, 0.15) is 5.75 Å². The van der Waals surface area contributed by atoms with Crippen LogP contribution in [0.25, 0.3) is 0 Å². The Morgan fingerprint density at radius 2 is 1.77 bits per heavy atom. The maximum absolute atomic E-state index is 5.64. The normalized spacial score (nSPS) is 13.0. The van der Waals surface area contributed by atoms with Gasteiger partial charge in [-0.2, -0.15) is 0 Å². The summed E-state index contributed by atoms with van der Waals surface area (Å²) in [6.07, 6.45) is 0.212. The third-order valence-corrected chi connectivity index (χ3v) is 2.10. The van der Waals surface area contributed by atoms with Gasteiger partial charge in [-0.05, 0) is 31.5 Å². The largest absolute Gasteiger partial charge is 0.491 e. The highest BCUT2D eigenvalue weighted by Crippen LogP contribution is 2.20. The fourth-order valence-corrected chi connectivity index (χ4v) is 1.31. The molecule has 0 aliphatic rings. The monoisotopic (exact) mass is 243 g/mol. The topological polar surface area (TPSA) is 35.2 Å². The summed E-state index contributed by atoms with van der Waals surface area (Å²) in [6, 6.07) is 7.77. The first-order valence-electron chi connectivity index (χ1n) is 4.26. The van der Waals surface area contributed by atoms with E-state index in [9.17, 15) is 0 Å². The Morgan fingerprint density at radius 3 is 2.15 bits per heavy atom. The number of alkyl halides is 1. The fourth-order valence-electron chi connectivity index (χ4n) is 1.00. The lowest BCUT2D eigenvalue weighted by Crippen LogP contribution is -2.06. The molecule has 1 aromatic rings. The number of benzene rings is 1. The third-order valence-electron chi connectivity index (χ3n) is 1.57. The van der Waals surface area contributed by atoms with Gasteiger partial charge in [-0.1, -0.05) is 28.1 Å². The standard InChI is InChI=1S/C10H14BrNO/c1-7(2)13-9-5-3-8(4-6-9)10(11)12/h3-7,10H,12H2,1-2H3. The molecule has 0 aliphatic heterocycles. The summed E-state index contributed by atoms with van der Waals surface area (Å²) in [5.41, 5.74) is 6.69. The molecule has 2 N–H and O–H groups in total. The van der Waals surface area contributed by atoms with Crippen LogP contribution in [0.3, 0.4) is 0 Å². The van der Waals surface area contributed by atoms with Crippen LogP contribution in [0.2, 0.25) is 0 Å². The van der Waals surface area contributed by atoms with Gasteiger partial charge in [-0.25, -0.2) is 0 Å². The van der Waals surface area contributed by atoms with Crippen molar-refractivity contribution < 1.29 is 4.74 Å². The first kappa shape index (κ1) is 10.5. The van der Waals surface area contributed by atoms with Gasteiger partial charge in [0.15, 0.2) is 0 Å². The second-order valence-corrected chi connectivity index (χ2v) is 4.12. The minimum Gasteiger partial charge on any atom is -0.491 e. The summed E-state index contributed by atoms with van der Waals surface area (Å²) < 4.78 is 5.49. The Hall–Kier alpha value is -0.540. The summed E-state index contributed by atoms with van der Waals surface area (Å²) in [7, 11) is 0. The quantitative estimate of drug-likeness (QED) is 0.655. The summed E-state index contributed by atoms with van der Waals surface area (Å²) in [6.45, 7) is 4.01. The number of hydrogen-bond donors (Lipinski definition) is 1. The maximum Gasteiger partial charge on any atom is 0.119 e. The Kier molecular flexibility index (Phi) is 3.75. The molecule has 1 unspecified atom stereocenters.